The summed E-state index contributed by atoms with van der Waals surface area (Å²) >= 11 is 0. The molecule has 0 saturated carbocycles. The fourth-order valence-corrected chi connectivity index (χ4v) is 1.60. The third-order valence-corrected chi connectivity index (χ3v) is 2.48. The number of methoxy groups -OCH3 is 1. The standard InChI is InChI=1S/C12H12O5/c1-7(12(13)14)3-8-4-10-11(17-6-16-10)5-9(8)15-2/h4-5H,1,3,6H2,2H3,(H,13,14). The molecule has 0 aliphatic carbocycles. The van der Waals surface area contributed by atoms with E-state index in [9.17, 15) is 4.79 Å². The number of carbonyl (C=O) groups is 1. The predicted molar refractivity (Wildman–Crippen MR) is 59.6 cm³/mol. The number of carboxylic acid groups (broad SMARTS) is 1. The Bertz CT molecular complexity index is 478. The van der Waals surface area contributed by atoms with Crippen molar-refractivity contribution in [2.24, 2.45) is 0 Å². The number of rotatable bonds is 4. The first kappa shape index (κ1) is 11.3. The highest BCUT2D eigenvalue weighted by molar-refractivity contribution is 5.86. The second-order valence-electron chi connectivity index (χ2n) is 3.60. The van der Waals surface area contributed by atoms with E-state index in [-0.39, 0.29) is 18.8 Å². The number of hydrogen-bond donors (Lipinski definition) is 1. The summed E-state index contributed by atoms with van der Waals surface area (Å²) in [6, 6.07) is 3.40. The van der Waals surface area contributed by atoms with Gasteiger partial charge in [-0.15, -0.1) is 0 Å². The maximum Gasteiger partial charge on any atom is 0.331 e. The third kappa shape index (κ3) is 2.18. The molecule has 1 aliphatic rings. The first-order chi connectivity index (χ1) is 8.11. The molecule has 0 saturated heterocycles. The highest BCUT2D eigenvalue weighted by Gasteiger charge is 2.19. The summed E-state index contributed by atoms with van der Waals surface area (Å²) in [6.07, 6.45) is 0.204. The molecule has 1 N–H and O–H groups in total. The van der Waals surface area contributed by atoms with Gasteiger partial charge in [0.2, 0.25) is 6.79 Å². The normalized spacial score (nSPS) is 12.3. The van der Waals surface area contributed by atoms with E-state index in [1.165, 1.54) is 7.11 Å². The first-order valence-corrected chi connectivity index (χ1v) is 4.99. The third-order valence-electron chi connectivity index (χ3n) is 2.48. The van der Waals surface area contributed by atoms with Crippen LogP contribution in [0.2, 0.25) is 0 Å². The Balaban J connectivity index is 2.32. The summed E-state index contributed by atoms with van der Waals surface area (Å²) in [7, 11) is 1.52. The van der Waals surface area contributed by atoms with Crippen LogP contribution in [0.1, 0.15) is 5.56 Å². The topological polar surface area (TPSA) is 65.0 Å². The largest absolute Gasteiger partial charge is 0.496 e. The molecule has 0 spiro atoms. The Labute approximate surface area is 98.2 Å². The maximum absolute atomic E-state index is 10.7. The van der Waals surface area contributed by atoms with Gasteiger partial charge in [-0.3, -0.25) is 0 Å². The van der Waals surface area contributed by atoms with Crippen LogP contribution < -0.4 is 14.2 Å². The van der Waals surface area contributed by atoms with Gasteiger partial charge in [0.1, 0.15) is 5.75 Å². The molecule has 0 unspecified atom stereocenters. The molecule has 5 heteroatoms. The van der Waals surface area contributed by atoms with Gasteiger partial charge >= 0.3 is 5.97 Å². The summed E-state index contributed by atoms with van der Waals surface area (Å²) < 4.78 is 15.6. The van der Waals surface area contributed by atoms with Crippen LogP contribution in [-0.4, -0.2) is 25.0 Å². The van der Waals surface area contributed by atoms with E-state index in [2.05, 4.69) is 6.58 Å². The smallest absolute Gasteiger partial charge is 0.331 e. The molecule has 90 valence electrons. The number of hydrogen-bond acceptors (Lipinski definition) is 4. The van der Waals surface area contributed by atoms with E-state index in [1.54, 1.807) is 12.1 Å². The lowest BCUT2D eigenvalue weighted by molar-refractivity contribution is -0.132. The van der Waals surface area contributed by atoms with E-state index >= 15 is 0 Å². The molecule has 1 aliphatic heterocycles. The van der Waals surface area contributed by atoms with Crippen molar-refractivity contribution in [3.63, 3.8) is 0 Å². The van der Waals surface area contributed by atoms with Gasteiger partial charge in [-0.05, 0) is 6.07 Å². The lowest BCUT2D eigenvalue weighted by atomic mass is 10.0. The molecule has 0 radical (unpaired) electrons. The zero-order valence-corrected chi connectivity index (χ0v) is 9.36. The van der Waals surface area contributed by atoms with Crippen LogP contribution in [0, 0.1) is 0 Å². The number of aliphatic carboxylic acids is 1. The quantitative estimate of drug-likeness (QED) is 0.804. The lowest BCUT2D eigenvalue weighted by Crippen LogP contribution is -2.03. The minimum atomic E-state index is -1.02. The average Bonchev–Trinajstić information content (AvgIpc) is 2.74. The first-order valence-electron chi connectivity index (χ1n) is 4.99. The van der Waals surface area contributed by atoms with Crippen molar-refractivity contribution >= 4 is 5.97 Å². The number of fused-ring (bicyclic) bond motifs is 1. The van der Waals surface area contributed by atoms with Crippen molar-refractivity contribution in [1.82, 2.24) is 0 Å². The molecule has 0 bridgehead atoms. The van der Waals surface area contributed by atoms with E-state index in [0.717, 1.165) is 0 Å². The molecule has 0 aromatic heterocycles. The summed E-state index contributed by atoms with van der Waals surface area (Å²) in [6.45, 7) is 3.66. The number of benzene rings is 1. The van der Waals surface area contributed by atoms with E-state index in [1.807, 2.05) is 0 Å². The van der Waals surface area contributed by atoms with Crippen LogP contribution in [0.5, 0.6) is 17.2 Å². The molecular weight excluding hydrogens is 224 g/mol. The van der Waals surface area contributed by atoms with E-state index in [4.69, 9.17) is 19.3 Å². The molecule has 0 amide bonds. The Morgan fingerprint density at radius 1 is 1.47 bits per heavy atom. The lowest BCUT2D eigenvalue weighted by Gasteiger charge is -2.09. The molecular formula is C12H12O5. The molecule has 2 rings (SSSR count). The number of ether oxygens (including phenoxy) is 3. The summed E-state index contributed by atoms with van der Waals surface area (Å²) in [5, 5.41) is 8.80. The Hall–Kier alpha value is -2.17. The highest BCUT2D eigenvalue weighted by atomic mass is 16.7. The van der Waals surface area contributed by atoms with E-state index < -0.39 is 5.97 Å². The second kappa shape index (κ2) is 4.37. The summed E-state index contributed by atoms with van der Waals surface area (Å²) in [4.78, 5) is 10.7. The fraction of sp³-hybridized carbons (Fsp3) is 0.250. The van der Waals surface area contributed by atoms with Gasteiger partial charge in [0.15, 0.2) is 11.5 Å². The van der Waals surface area contributed by atoms with Gasteiger partial charge < -0.3 is 19.3 Å². The molecule has 0 atom stereocenters. The molecule has 0 fully saturated rings. The summed E-state index contributed by atoms with van der Waals surface area (Å²) in [5.41, 5.74) is 0.811. The van der Waals surface area contributed by atoms with Crippen molar-refractivity contribution in [3.8, 4) is 17.2 Å². The number of carboxylic acids is 1. The van der Waals surface area contributed by atoms with Gasteiger partial charge in [-0.25, -0.2) is 4.79 Å². The minimum Gasteiger partial charge on any atom is -0.496 e. The Kier molecular flexibility index (Phi) is 2.91. The van der Waals surface area contributed by atoms with Gasteiger partial charge in [-0.1, -0.05) is 6.58 Å². The van der Waals surface area contributed by atoms with Crippen LogP contribution >= 0.6 is 0 Å². The zero-order valence-electron chi connectivity index (χ0n) is 9.36. The predicted octanol–water partition coefficient (Wildman–Crippen LogP) is 1.61. The summed E-state index contributed by atoms with van der Waals surface area (Å²) in [5.74, 6) is 0.742. The van der Waals surface area contributed by atoms with Gasteiger partial charge in [0.25, 0.3) is 0 Å². The van der Waals surface area contributed by atoms with Gasteiger partial charge in [0.05, 0.1) is 7.11 Å². The van der Waals surface area contributed by atoms with Crippen molar-refractivity contribution in [1.29, 1.82) is 0 Å². The van der Waals surface area contributed by atoms with Crippen molar-refractivity contribution in [3.05, 3.63) is 29.8 Å². The average molecular weight is 236 g/mol. The SMILES string of the molecule is C=C(Cc1cc2c(cc1OC)OCO2)C(=O)O. The van der Waals surface area contributed by atoms with E-state index in [0.29, 0.717) is 22.8 Å². The van der Waals surface area contributed by atoms with Crippen LogP contribution in [0.25, 0.3) is 0 Å². The zero-order chi connectivity index (χ0) is 12.4. The molecule has 1 aromatic carbocycles. The maximum atomic E-state index is 10.7. The molecule has 1 aromatic rings. The highest BCUT2D eigenvalue weighted by Crippen LogP contribution is 2.38. The minimum absolute atomic E-state index is 0.0992. The Morgan fingerprint density at radius 3 is 2.71 bits per heavy atom. The van der Waals surface area contributed by atoms with Crippen molar-refractivity contribution in [2.75, 3.05) is 13.9 Å². The van der Waals surface area contributed by atoms with Gasteiger partial charge in [0, 0.05) is 23.6 Å². The molecule has 5 nitrogen and oxygen atoms in total. The van der Waals surface area contributed by atoms with Crippen LogP contribution in [0.4, 0.5) is 0 Å². The fourth-order valence-electron chi connectivity index (χ4n) is 1.60. The van der Waals surface area contributed by atoms with Crippen molar-refractivity contribution < 1.29 is 24.1 Å². The van der Waals surface area contributed by atoms with Crippen LogP contribution in [0.15, 0.2) is 24.3 Å². The van der Waals surface area contributed by atoms with Crippen LogP contribution in [-0.2, 0) is 11.2 Å². The molecule has 17 heavy (non-hydrogen) atoms. The van der Waals surface area contributed by atoms with Crippen molar-refractivity contribution in [2.45, 2.75) is 6.42 Å². The van der Waals surface area contributed by atoms with Gasteiger partial charge in [-0.2, -0.15) is 0 Å². The molecule has 1 heterocycles. The Morgan fingerprint density at radius 2 is 2.12 bits per heavy atom. The monoisotopic (exact) mass is 236 g/mol. The second-order valence-corrected chi connectivity index (χ2v) is 3.60. The van der Waals surface area contributed by atoms with Crippen LogP contribution in [0.3, 0.4) is 0 Å².